The Bertz CT molecular complexity index is 694. The monoisotopic (exact) mass is 364 g/mol. The first-order valence-corrected chi connectivity index (χ1v) is 8.97. The third-order valence-corrected chi connectivity index (χ3v) is 6.24. The summed E-state index contributed by atoms with van der Waals surface area (Å²) in [7, 11) is 0. The number of ether oxygens (including phenoxy) is 2. The highest BCUT2D eigenvalue weighted by Gasteiger charge is 2.67. The average Bonchev–Trinajstić information content (AvgIpc) is 2.88. The Labute approximate surface area is 151 Å². The lowest BCUT2D eigenvalue weighted by Gasteiger charge is -2.52. The van der Waals surface area contributed by atoms with Crippen LogP contribution in [0.1, 0.15) is 46.0 Å². The fourth-order valence-corrected chi connectivity index (χ4v) is 5.10. The minimum absolute atomic E-state index is 0.00348. The van der Waals surface area contributed by atoms with E-state index in [1.807, 2.05) is 13.8 Å². The van der Waals surface area contributed by atoms with Crippen LogP contribution in [0.4, 0.5) is 0 Å². The normalized spacial score (nSPS) is 35.8. The lowest BCUT2D eigenvalue weighted by Crippen LogP contribution is -2.57. The Kier molecular flexibility index (Phi) is 4.67. The summed E-state index contributed by atoms with van der Waals surface area (Å²) in [5, 5.41) is 8.66. The molecule has 1 heterocycles. The van der Waals surface area contributed by atoms with Crippen LogP contribution >= 0.6 is 0 Å². The lowest BCUT2D eigenvalue weighted by molar-refractivity contribution is -0.169. The van der Waals surface area contributed by atoms with Gasteiger partial charge in [-0.15, -0.1) is 0 Å². The van der Waals surface area contributed by atoms with Gasteiger partial charge in [0.1, 0.15) is 0 Å². The summed E-state index contributed by atoms with van der Waals surface area (Å²) in [6.45, 7) is 4.02. The van der Waals surface area contributed by atoms with E-state index in [1.165, 1.54) is 0 Å². The molecule has 2 fully saturated rings. The van der Waals surface area contributed by atoms with Crippen LogP contribution in [-0.4, -0.2) is 42.0 Å². The Hall–Kier alpha value is -2.18. The molecule has 1 N–H and O–H groups in total. The fraction of sp³-hybridized carbons (Fsp3) is 0.684. The highest BCUT2D eigenvalue weighted by molar-refractivity contribution is 6.00. The first kappa shape index (κ1) is 18.6. The molecule has 4 atom stereocenters. The third kappa shape index (κ3) is 2.83. The van der Waals surface area contributed by atoms with Gasteiger partial charge in [0.25, 0.3) is 0 Å². The van der Waals surface area contributed by atoms with Crippen LogP contribution in [0.2, 0.25) is 0 Å². The van der Waals surface area contributed by atoms with Crippen molar-refractivity contribution in [1.82, 2.24) is 0 Å². The molecular weight excluding hydrogens is 340 g/mol. The maximum Gasteiger partial charge on any atom is 0.313 e. The van der Waals surface area contributed by atoms with Crippen molar-refractivity contribution in [3.05, 3.63) is 11.6 Å². The largest absolute Gasteiger partial charge is 0.481 e. The molecule has 26 heavy (non-hydrogen) atoms. The smallest absolute Gasteiger partial charge is 0.313 e. The Morgan fingerprint density at radius 2 is 2.04 bits per heavy atom. The predicted octanol–water partition coefficient (Wildman–Crippen LogP) is 1.89. The summed E-state index contributed by atoms with van der Waals surface area (Å²) in [5.74, 6) is -2.80. The molecule has 3 aliphatic rings. The van der Waals surface area contributed by atoms with Crippen molar-refractivity contribution in [3.8, 4) is 0 Å². The molecule has 7 nitrogen and oxygen atoms in total. The van der Waals surface area contributed by atoms with E-state index in [-0.39, 0.29) is 37.1 Å². The van der Waals surface area contributed by atoms with Crippen molar-refractivity contribution in [2.75, 3.05) is 13.2 Å². The Balaban J connectivity index is 1.84. The second-order valence-electron chi connectivity index (χ2n) is 7.98. The number of cyclic esters (lactones) is 1. The molecule has 0 bridgehead atoms. The molecule has 3 rings (SSSR count). The lowest BCUT2D eigenvalue weighted by atomic mass is 9.48. The minimum atomic E-state index is -1.07. The van der Waals surface area contributed by atoms with Crippen LogP contribution in [0.3, 0.4) is 0 Å². The number of carboxylic acids is 1. The molecule has 1 saturated heterocycles. The van der Waals surface area contributed by atoms with E-state index in [0.29, 0.717) is 19.4 Å². The second kappa shape index (κ2) is 6.52. The topological polar surface area (TPSA) is 107 Å². The number of hydrogen-bond donors (Lipinski definition) is 1. The van der Waals surface area contributed by atoms with Gasteiger partial charge in [0.15, 0.2) is 5.78 Å². The molecule has 0 aromatic rings. The van der Waals surface area contributed by atoms with E-state index in [9.17, 15) is 19.2 Å². The molecule has 142 valence electrons. The van der Waals surface area contributed by atoms with Gasteiger partial charge in [0.05, 0.1) is 31.5 Å². The Morgan fingerprint density at radius 3 is 2.73 bits per heavy atom. The van der Waals surface area contributed by atoms with E-state index >= 15 is 0 Å². The van der Waals surface area contributed by atoms with E-state index in [1.54, 1.807) is 6.08 Å². The summed E-state index contributed by atoms with van der Waals surface area (Å²) < 4.78 is 10.7. The molecule has 0 radical (unpaired) electrons. The quantitative estimate of drug-likeness (QED) is 0.742. The number of allylic oxidation sites excluding steroid dienone is 1. The van der Waals surface area contributed by atoms with Crippen molar-refractivity contribution < 1.29 is 33.8 Å². The van der Waals surface area contributed by atoms with Gasteiger partial charge >= 0.3 is 17.9 Å². The highest BCUT2D eigenvalue weighted by atomic mass is 16.5. The number of carbonyl (C=O) groups excluding carboxylic acids is 3. The molecule has 7 heteroatoms. The summed E-state index contributed by atoms with van der Waals surface area (Å²) in [4.78, 5) is 48.0. The highest BCUT2D eigenvalue weighted by Crippen LogP contribution is 2.61. The molecule has 0 aromatic carbocycles. The molecular formula is C19H24O7. The molecule has 0 aromatic heterocycles. The molecule has 1 aliphatic heterocycles. The van der Waals surface area contributed by atoms with Crippen molar-refractivity contribution >= 4 is 23.7 Å². The standard InChI is InChI=1S/C19H24O7/c1-11-8-13(20)16-18(2,10-26-15(23)5-4-14(21)22)6-3-7-19(16)12(11)9-25-17(19)24/h8,12,16H,3-7,9-10H2,1-2H3,(H,21,22). The fourth-order valence-electron chi connectivity index (χ4n) is 5.10. The first-order chi connectivity index (χ1) is 12.2. The van der Waals surface area contributed by atoms with Crippen LogP contribution in [0, 0.1) is 22.7 Å². The molecule has 2 aliphatic carbocycles. The zero-order valence-corrected chi connectivity index (χ0v) is 15.1. The third-order valence-electron chi connectivity index (χ3n) is 6.24. The van der Waals surface area contributed by atoms with Crippen LogP contribution in [0.15, 0.2) is 11.6 Å². The predicted molar refractivity (Wildman–Crippen MR) is 88.9 cm³/mol. The van der Waals surface area contributed by atoms with E-state index in [0.717, 1.165) is 12.0 Å². The maximum atomic E-state index is 12.9. The van der Waals surface area contributed by atoms with E-state index < -0.39 is 28.7 Å². The van der Waals surface area contributed by atoms with Crippen molar-refractivity contribution in [3.63, 3.8) is 0 Å². The van der Waals surface area contributed by atoms with Crippen LogP contribution in [0.5, 0.6) is 0 Å². The van der Waals surface area contributed by atoms with Gasteiger partial charge < -0.3 is 14.6 Å². The minimum Gasteiger partial charge on any atom is -0.481 e. The zero-order valence-electron chi connectivity index (χ0n) is 15.1. The van der Waals surface area contributed by atoms with E-state index in [4.69, 9.17) is 14.6 Å². The first-order valence-electron chi connectivity index (χ1n) is 8.97. The SMILES string of the molecule is CC1=CC(=O)C2C(C)(COC(=O)CCC(=O)O)CCCC23C(=O)OCC13. The number of carboxylic acid groups (broad SMARTS) is 1. The van der Waals surface area contributed by atoms with Gasteiger partial charge in [-0.2, -0.15) is 0 Å². The summed E-state index contributed by atoms with van der Waals surface area (Å²) in [6.07, 6.45) is 3.10. The van der Waals surface area contributed by atoms with Gasteiger partial charge in [-0.1, -0.05) is 18.9 Å². The second-order valence-corrected chi connectivity index (χ2v) is 7.98. The number of carbonyl (C=O) groups is 4. The molecule has 0 amide bonds. The van der Waals surface area contributed by atoms with Crippen LogP contribution in [-0.2, 0) is 28.7 Å². The number of ketones is 1. The van der Waals surface area contributed by atoms with Gasteiger partial charge in [0, 0.05) is 17.3 Å². The van der Waals surface area contributed by atoms with Crippen molar-refractivity contribution in [1.29, 1.82) is 0 Å². The zero-order chi connectivity index (χ0) is 19.1. The number of aliphatic carboxylic acids is 1. The number of esters is 2. The summed E-state index contributed by atoms with van der Waals surface area (Å²) in [5.41, 5.74) is -0.663. The van der Waals surface area contributed by atoms with Gasteiger partial charge in [-0.25, -0.2) is 0 Å². The van der Waals surface area contributed by atoms with Gasteiger partial charge in [-0.05, 0) is 25.8 Å². The summed E-state index contributed by atoms with van der Waals surface area (Å²) in [6, 6.07) is 0. The number of hydrogen-bond acceptors (Lipinski definition) is 6. The average molecular weight is 364 g/mol. The van der Waals surface area contributed by atoms with Crippen LogP contribution in [0.25, 0.3) is 0 Å². The maximum absolute atomic E-state index is 12.9. The van der Waals surface area contributed by atoms with Gasteiger partial charge in [-0.3, -0.25) is 19.2 Å². The molecule has 1 spiro atoms. The molecule has 4 unspecified atom stereocenters. The van der Waals surface area contributed by atoms with E-state index in [2.05, 4.69) is 0 Å². The van der Waals surface area contributed by atoms with Crippen molar-refractivity contribution in [2.45, 2.75) is 46.0 Å². The Morgan fingerprint density at radius 1 is 1.31 bits per heavy atom. The number of rotatable bonds is 5. The van der Waals surface area contributed by atoms with Crippen LogP contribution < -0.4 is 0 Å². The summed E-state index contributed by atoms with van der Waals surface area (Å²) >= 11 is 0. The van der Waals surface area contributed by atoms with Gasteiger partial charge in [0.2, 0.25) is 0 Å². The molecule has 1 saturated carbocycles. The van der Waals surface area contributed by atoms with Crippen molar-refractivity contribution in [2.24, 2.45) is 22.7 Å².